The van der Waals surface area contributed by atoms with E-state index in [-0.39, 0.29) is 7.43 Å². The lowest BCUT2D eigenvalue weighted by Crippen LogP contribution is -2.04. The monoisotopic (exact) mass is 264 g/mol. The molecule has 3 heteroatoms. The van der Waals surface area contributed by atoms with E-state index in [9.17, 15) is 0 Å². The van der Waals surface area contributed by atoms with E-state index < -0.39 is 0 Å². The molecule has 0 radical (unpaired) electrons. The maximum absolute atomic E-state index is 5.00. The lowest BCUT2D eigenvalue weighted by molar-refractivity contribution is 0.185. The Balaban J connectivity index is 0.000000471. The Morgan fingerprint density at radius 2 is 1.74 bits per heavy atom. The second kappa shape index (κ2) is 7.95. The predicted molar refractivity (Wildman–Crippen MR) is 83.5 cm³/mol. The summed E-state index contributed by atoms with van der Waals surface area (Å²) in [5, 5.41) is 5.45. The van der Waals surface area contributed by atoms with Crippen LogP contribution >= 0.6 is 0 Å². The molecule has 0 N–H and O–H groups in total. The van der Waals surface area contributed by atoms with E-state index in [2.05, 4.69) is 44.9 Å². The number of nitrogens with zero attached hydrogens (tertiary/aromatic N) is 2. The Morgan fingerprint density at radius 1 is 1.16 bits per heavy atom. The fraction of sp³-hybridized carbons (Fsp3) is 0.562. The zero-order valence-corrected chi connectivity index (χ0v) is 12.1. The van der Waals surface area contributed by atoms with Gasteiger partial charge in [0.15, 0.2) is 0 Å². The third-order valence-electron chi connectivity index (χ3n) is 2.06. The van der Waals surface area contributed by atoms with Gasteiger partial charge in [-0.05, 0) is 11.5 Å². The highest BCUT2D eigenvalue weighted by Gasteiger charge is 1.99. The summed E-state index contributed by atoms with van der Waals surface area (Å²) in [5.74, 6) is 0. The number of aromatic nitrogens is 2. The van der Waals surface area contributed by atoms with Crippen LogP contribution in [0.3, 0.4) is 0 Å². The van der Waals surface area contributed by atoms with Gasteiger partial charge in [-0.25, -0.2) is 0 Å². The molecule has 0 atom stereocenters. The van der Waals surface area contributed by atoms with E-state index in [0.29, 0.717) is 12.0 Å². The molecular formula is C16H28N2O. The van der Waals surface area contributed by atoms with Crippen LogP contribution in [0.15, 0.2) is 30.5 Å². The standard InChI is InChI=1S/C10H12N2O.C5H12.CH4/c1-13-7-6-12-10-5-3-2-4-9(10)8-11-12;1-5(2,3)4;/h2-5,8H,6-7H2,1H3;1-4H3;1H4. The van der Waals surface area contributed by atoms with Crippen LogP contribution in [0.4, 0.5) is 0 Å². The van der Waals surface area contributed by atoms with Gasteiger partial charge < -0.3 is 4.74 Å². The van der Waals surface area contributed by atoms with E-state index in [1.54, 1.807) is 7.11 Å². The van der Waals surface area contributed by atoms with Gasteiger partial charge in [0.2, 0.25) is 0 Å². The molecule has 0 saturated carbocycles. The molecule has 0 amide bonds. The lowest BCUT2D eigenvalue weighted by Gasteiger charge is -2.05. The number of methoxy groups -OCH3 is 1. The molecule has 0 aliphatic rings. The van der Waals surface area contributed by atoms with Gasteiger partial charge in [0.25, 0.3) is 0 Å². The maximum Gasteiger partial charge on any atom is 0.0683 e. The molecule has 0 bridgehead atoms. The molecule has 0 aliphatic carbocycles. The molecule has 0 aliphatic heterocycles. The molecule has 1 heterocycles. The summed E-state index contributed by atoms with van der Waals surface area (Å²) in [4.78, 5) is 0. The van der Waals surface area contributed by atoms with E-state index in [1.165, 1.54) is 10.9 Å². The van der Waals surface area contributed by atoms with E-state index in [1.807, 2.05) is 23.0 Å². The molecule has 2 rings (SSSR count). The van der Waals surface area contributed by atoms with Crippen molar-refractivity contribution in [2.45, 2.75) is 41.7 Å². The molecule has 0 spiro atoms. The molecule has 2 aromatic rings. The Morgan fingerprint density at radius 3 is 2.32 bits per heavy atom. The van der Waals surface area contributed by atoms with Crippen LogP contribution in [0, 0.1) is 5.41 Å². The third-order valence-corrected chi connectivity index (χ3v) is 2.06. The van der Waals surface area contributed by atoms with Gasteiger partial charge in [-0.3, -0.25) is 4.68 Å². The van der Waals surface area contributed by atoms with Gasteiger partial charge >= 0.3 is 0 Å². The molecule has 3 nitrogen and oxygen atoms in total. The Kier molecular flexibility index (Phi) is 7.38. The summed E-state index contributed by atoms with van der Waals surface area (Å²) < 4.78 is 6.96. The number of ether oxygens (including phenoxy) is 1. The Labute approximate surface area is 117 Å². The van der Waals surface area contributed by atoms with Crippen LogP contribution in [-0.4, -0.2) is 23.5 Å². The zero-order valence-electron chi connectivity index (χ0n) is 12.1. The lowest BCUT2D eigenvalue weighted by atomic mass is 10.0. The number of hydrogen-bond acceptors (Lipinski definition) is 2. The van der Waals surface area contributed by atoms with Gasteiger partial charge in [-0.15, -0.1) is 0 Å². The van der Waals surface area contributed by atoms with Crippen molar-refractivity contribution in [1.82, 2.24) is 9.78 Å². The Hall–Kier alpha value is -1.35. The minimum absolute atomic E-state index is 0. The van der Waals surface area contributed by atoms with Gasteiger partial charge in [-0.2, -0.15) is 5.10 Å². The topological polar surface area (TPSA) is 27.1 Å². The first-order chi connectivity index (χ1) is 8.42. The number of fused-ring (bicyclic) bond motifs is 1. The van der Waals surface area contributed by atoms with Crippen molar-refractivity contribution in [3.8, 4) is 0 Å². The number of hydrogen-bond donors (Lipinski definition) is 0. The van der Waals surface area contributed by atoms with Crippen molar-refractivity contribution < 1.29 is 4.74 Å². The molecular weight excluding hydrogens is 236 g/mol. The molecule has 19 heavy (non-hydrogen) atoms. The van der Waals surface area contributed by atoms with E-state index >= 15 is 0 Å². The highest BCUT2D eigenvalue weighted by atomic mass is 16.5. The zero-order chi connectivity index (χ0) is 13.6. The number of para-hydroxylation sites is 1. The average Bonchev–Trinajstić information content (AvgIpc) is 2.67. The summed E-state index contributed by atoms with van der Waals surface area (Å²) in [5.41, 5.74) is 1.67. The summed E-state index contributed by atoms with van der Waals surface area (Å²) in [7, 11) is 1.70. The number of rotatable bonds is 3. The Bertz CT molecular complexity index is 463. The summed E-state index contributed by atoms with van der Waals surface area (Å²) >= 11 is 0. The van der Waals surface area contributed by atoms with Gasteiger partial charge in [0.05, 0.1) is 24.9 Å². The molecule has 0 fully saturated rings. The van der Waals surface area contributed by atoms with Crippen molar-refractivity contribution >= 4 is 10.9 Å². The minimum atomic E-state index is 0. The van der Waals surface area contributed by atoms with Gasteiger partial charge in [-0.1, -0.05) is 53.3 Å². The highest BCUT2D eigenvalue weighted by molar-refractivity contribution is 5.78. The van der Waals surface area contributed by atoms with Crippen LogP contribution in [0.25, 0.3) is 10.9 Å². The predicted octanol–water partition coefficient (Wildman–Crippen LogP) is 4.37. The smallest absolute Gasteiger partial charge is 0.0683 e. The van der Waals surface area contributed by atoms with Crippen LogP contribution in [-0.2, 0) is 11.3 Å². The molecule has 0 saturated heterocycles. The van der Waals surface area contributed by atoms with Crippen LogP contribution in [0.1, 0.15) is 35.1 Å². The van der Waals surface area contributed by atoms with Gasteiger partial charge in [0.1, 0.15) is 0 Å². The van der Waals surface area contributed by atoms with Crippen LogP contribution < -0.4 is 0 Å². The molecule has 108 valence electrons. The van der Waals surface area contributed by atoms with Crippen LogP contribution in [0.2, 0.25) is 0 Å². The first-order valence-electron chi connectivity index (χ1n) is 6.31. The quantitative estimate of drug-likeness (QED) is 0.823. The second-order valence-electron chi connectivity index (χ2n) is 5.92. The summed E-state index contributed by atoms with van der Waals surface area (Å²) in [6.07, 6.45) is 1.88. The second-order valence-corrected chi connectivity index (χ2v) is 5.92. The van der Waals surface area contributed by atoms with Crippen molar-refractivity contribution in [2.24, 2.45) is 5.41 Å². The van der Waals surface area contributed by atoms with E-state index in [0.717, 1.165) is 6.54 Å². The molecule has 0 unspecified atom stereocenters. The number of benzene rings is 1. The van der Waals surface area contributed by atoms with Crippen molar-refractivity contribution in [3.63, 3.8) is 0 Å². The third kappa shape index (κ3) is 6.97. The first kappa shape index (κ1) is 17.6. The maximum atomic E-state index is 5.00. The fourth-order valence-electron chi connectivity index (χ4n) is 1.38. The van der Waals surface area contributed by atoms with Crippen molar-refractivity contribution in [1.29, 1.82) is 0 Å². The highest BCUT2D eigenvalue weighted by Crippen LogP contribution is 2.11. The fourth-order valence-corrected chi connectivity index (χ4v) is 1.38. The normalized spacial score (nSPS) is 10.6. The van der Waals surface area contributed by atoms with Crippen LogP contribution in [0.5, 0.6) is 0 Å². The molecule has 1 aromatic heterocycles. The summed E-state index contributed by atoms with van der Waals surface area (Å²) in [6, 6.07) is 8.17. The van der Waals surface area contributed by atoms with Crippen molar-refractivity contribution in [3.05, 3.63) is 30.5 Å². The SMILES string of the molecule is C.CC(C)(C)C.COCCn1ncc2ccccc21. The molecule has 1 aromatic carbocycles. The first-order valence-corrected chi connectivity index (χ1v) is 6.31. The minimum Gasteiger partial charge on any atom is -0.383 e. The largest absolute Gasteiger partial charge is 0.383 e. The van der Waals surface area contributed by atoms with Gasteiger partial charge in [0, 0.05) is 12.5 Å². The van der Waals surface area contributed by atoms with E-state index in [4.69, 9.17) is 4.74 Å². The summed E-state index contributed by atoms with van der Waals surface area (Å²) in [6.45, 7) is 10.3. The average molecular weight is 264 g/mol. The van der Waals surface area contributed by atoms with Crippen molar-refractivity contribution in [2.75, 3.05) is 13.7 Å².